The minimum Gasteiger partial charge on any atom is -0.433 e. The Kier molecular flexibility index (Phi) is 4.77. The molecule has 31 heavy (non-hydrogen) atoms. The minimum absolute atomic E-state index is 0.149. The van der Waals surface area contributed by atoms with E-state index in [2.05, 4.69) is 15.8 Å². The number of aromatic nitrogens is 2. The molecule has 0 aliphatic carbocycles. The van der Waals surface area contributed by atoms with Crippen LogP contribution in [-0.2, 0) is 9.52 Å². The molecule has 0 aliphatic heterocycles. The van der Waals surface area contributed by atoms with E-state index >= 15 is 0 Å². The van der Waals surface area contributed by atoms with Crippen molar-refractivity contribution in [2.45, 2.75) is 9.79 Å². The van der Waals surface area contributed by atoms with Gasteiger partial charge in [-0.1, -0.05) is 18.2 Å². The number of thiazole rings is 1. The van der Waals surface area contributed by atoms with Crippen LogP contribution in [0, 0.1) is 0 Å². The molecule has 2 heterocycles. The minimum atomic E-state index is -2.73. The van der Waals surface area contributed by atoms with Crippen LogP contribution in [-0.4, -0.2) is 25.8 Å². The number of fused-ring (bicyclic) bond motifs is 1. The summed E-state index contributed by atoms with van der Waals surface area (Å²) in [5.41, 5.74) is 3.77. The highest BCUT2D eigenvalue weighted by atomic mass is 32.2. The smallest absolute Gasteiger partial charge is 0.229 e. The number of benzene rings is 3. The fraction of sp³-hybridized carbons (Fsp3) is 0. The summed E-state index contributed by atoms with van der Waals surface area (Å²) in [4.78, 5) is 22.4. The first-order chi connectivity index (χ1) is 15.0. The Morgan fingerprint density at radius 2 is 1.68 bits per heavy atom. The van der Waals surface area contributed by atoms with Gasteiger partial charge in [0.1, 0.15) is 0 Å². The highest BCUT2D eigenvalue weighted by molar-refractivity contribution is 8.00. The first kappa shape index (κ1) is 19.4. The molecule has 0 fully saturated rings. The lowest BCUT2D eigenvalue weighted by Gasteiger charge is -2.10. The molecule has 0 spiro atoms. The lowest BCUT2D eigenvalue weighted by Crippen LogP contribution is -2.04. The maximum absolute atomic E-state index is 13.4. The number of carbonyl (C=O) groups is 1. The fourth-order valence-electron chi connectivity index (χ4n) is 3.24. The Bertz CT molecular complexity index is 1500. The van der Waals surface area contributed by atoms with Gasteiger partial charge in [-0.3, -0.25) is 9.00 Å². The molecule has 152 valence electrons. The van der Waals surface area contributed by atoms with Gasteiger partial charge in [-0.05, 0) is 60.5 Å². The number of rotatable bonds is 5. The molecule has 0 radical (unpaired) electrons. The standard InChI is InChI=1S/C24H16N2O3S2/c1-31(28,19-11-12-22-20(13-19)26-15-30-22)18-9-7-16(8-10-18)23(27)21-14-25-24(29-21)17-5-3-2-4-6-17/h2-15H,1H2. The highest BCUT2D eigenvalue weighted by Gasteiger charge is 2.18. The summed E-state index contributed by atoms with van der Waals surface area (Å²) in [5.74, 6) is 4.21. The molecule has 0 bridgehead atoms. The molecule has 5 rings (SSSR count). The largest absolute Gasteiger partial charge is 0.433 e. The van der Waals surface area contributed by atoms with Crippen LogP contribution in [0.3, 0.4) is 0 Å². The van der Waals surface area contributed by atoms with E-state index in [4.69, 9.17) is 4.42 Å². The van der Waals surface area contributed by atoms with Crippen LogP contribution in [0.1, 0.15) is 16.1 Å². The average molecular weight is 445 g/mol. The lowest BCUT2D eigenvalue weighted by atomic mass is 10.1. The van der Waals surface area contributed by atoms with Crippen molar-refractivity contribution in [3.8, 4) is 11.5 Å². The summed E-state index contributed by atoms with van der Waals surface area (Å²) in [6, 6.07) is 21.5. The number of hydrogen-bond donors (Lipinski definition) is 0. The average Bonchev–Trinajstić information content (AvgIpc) is 3.48. The van der Waals surface area contributed by atoms with E-state index in [1.165, 1.54) is 17.5 Å². The van der Waals surface area contributed by atoms with Gasteiger partial charge in [0, 0.05) is 30.4 Å². The van der Waals surface area contributed by atoms with Crippen LogP contribution in [0.4, 0.5) is 0 Å². The third-order valence-corrected chi connectivity index (χ3v) is 7.79. The topological polar surface area (TPSA) is 73.1 Å². The normalized spacial score (nSPS) is 13.2. The molecular formula is C24H16N2O3S2. The van der Waals surface area contributed by atoms with E-state index in [0.29, 0.717) is 21.2 Å². The van der Waals surface area contributed by atoms with E-state index < -0.39 is 9.52 Å². The van der Waals surface area contributed by atoms with Crippen molar-refractivity contribution in [3.63, 3.8) is 0 Å². The second-order valence-electron chi connectivity index (χ2n) is 6.91. The third-order valence-electron chi connectivity index (χ3n) is 4.93. The first-order valence-corrected chi connectivity index (χ1v) is 12.0. The predicted octanol–water partition coefficient (Wildman–Crippen LogP) is 5.32. The van der Waals surface area contributed by atoms with Gasteiger partial charge >= 0.3 is 0 Å². The summed E-state index contributed by atoms with van der Waals surface area (Å²) in [5, 5.41) is 0. The Morgan fingerprint density at radius 1 is 0.935 bits per heavy atom. The number of hydrogen-bond acceptors (Lipinski definition) is 6. The third kappa shape index (κ3) is 3.58. The van der Waals surface area contributed by atoms with Gasteiger partial charge in [0.05, 0.1) is 21.9 Å². The molecular weight excluding hydrogens is 428 g/mol. The molecule has 2 aromatic heterocycles. The monoisotopic (exact) mass is 444 g/mol. The van der Waals surface area contributed by atoms with Gasteiger partial charge in [0.2, 0.25) is 11.7 Å². The summed E-state index contributed by atoms with van der Waals surface area (Å²) >= 11 is 1.53. The van der Waals surface area contributed by atoms with Gasteiger partial charge in [-0.2, -0.15) is 0 Å². The van der Waals surface area contributed by atoms with Crippen molar-refractivity contribution in [2.75, 3.05) is 0 Å². The maximum Gasteiger partial charge on any atom is 0.229 e. The SMILES string of the molecule is C=S(=O)(c1ccc(C(=O)c2cnc(-c3ccccc3)o2)cc1)c1ccc2scnc2c1. The number of nitrogens with zero attached hydrogens (tertiary/aromatic N) is 2. The van der Waals surface area contributed by atoms with Gasteiger partial charge in [-0.25, -0.2) is 9.97 Å². The van der Waals surface area contributed by atoms with E-state index in [1.54, 1.807) is 35.8 Å². The second-order valence-corrected chi connectivity index (χ2v) is 10.1. The first-order valence-electron chi connectivity index (χ1n) is 9.39. The molecule has 0 saturated heterocycles. The van der Waals surface area contributed by atoms with E-state index in [1.807, 2.05) is 42.5 Å². The molecule has 5 nitrogen and oxygen atoms in total. The van der Waals surface area contributed by atoms with E-state index in [9.17, 15) is 9.00 Å². The number of oxazole rings is 1. The van der Waals surface area contributed by atoms with Crippen LogP contribution in [0.15, 0.2) is 98.7 Å². The van der Waals surface area contributed by atoms with E-state index in [-0.39, 0.29) is 11.5 Å². The molecule has 1 atom stereocenters. The second kappa shape index (κ2) is 7.61. The summed E-state index contributed by atoms with van der Waals surface area (Å²) < 4.78 is 20.1. The van der Waals surface area contributed by atoms with Crippen LogP contribution < -0.4 is 0 Å². The van der Waals surface area contributed by atoms with Crippen molar-refractivity contribution in [3.05, 3.63) is 95.8 Å². The van der Waals surface area contributed by atoms with Gasteiger partial charge in [0.15, 0.2) is 5.76 Å². The number of ketones is 1. The predicted molar refractivity (Wildman–Crippen MR) is 123 cm³/mol. The van der Waals surface area contributed by atoms with Crippen LogP contribution >= 0.6 is 11.3 Å². The molecule has 0 amide bonds. The Hall–Kier alpha value is -3.55. The maximum atomic E-state index is 13.4. The van der Waals surface area contributed by atoms with Crippen molar-refractivity contribution in [1.29, 1.82) is 0 Å². The summed E-state index contributed by atoms with van der Waals surface area (Å²) in [6.07, 6.45) is 1.42. The van der Waals surface area contributed by atoms with Gasteiger partial charge in [0.25, 0.3) is 0 Å². The fourth-order valence-corrected chi connectivity index (χ4v) is 5.34. The molecule has 0 N–H and O–H groups in total. The van der Waals surface area contributed by atoms with Gasteiger partial charge < -0.3 is 4.42 Å². The molecule has 0 aliphatic rings. The van der Waals surface area contributed by atoms with Crippen molar-refractivity contribution >= 4 is 42.7 Å². The summed E-state index contributed by atoms with van der Waals surface area (Å²) in [7, 11) is -2.73. The highest BCUT2D eigenvalue weighted by Crippen LogP contribution is 2.27. The molecule has 7 heteroatoms. The van der Waals surface area contributed by atoms with Gasteiger partial charge in [-0.15, -0.1) is 11.3 Å². The van der Waals surface area contributed by atoms with Crippen LogP contribution in [0.25, 0.3) is 21.7 Å². The molecule has 5 aromatic rings. The summed E-state index contributed by atoms with van der Waals surface area (Å²) in [6.45, 7) is 0. The van der Waals surface area contributed by atoms with Crippen LogP contribution in [0.5, 0.6) is 0 Å². The quantitative estimate of drug-likeness (QED) is 0.271. The van der Waals surface area contributed by atoms with Crippen LogP contribution in [0.2, 0.25) is 0 Å². The van der Waals surface area contributed by atoms with E-state index in [0.717, 1.165) is 15.8 Å². The van der Waals surface area contributed by atoms with Crippen molar-refractivity contribution < 1.29 is 13.4 Å². The Balaban J connectivity index is 1.42. The van der Waals surface area contributed by atoms with Crippen molar-refractivity contribution in [1.82, 2.24) is 9.97 Å². The molecule has 0 saturated carbocycles. The Labute approximate surface area is 183 Å². The van der Waals surface area contributed by atoms with Crippen molar-refractivity contribution in [2.24, 2.45) is 0 Å². The zero-order valence-electron chi connectivity index (χ0n) is 16.2. The lowest BCUT2D eigenvalue weighted by molar-refractivity contribution is 0.101. The molecule has 1 unspecified atom stereocenters. The zero-order chi connectivity index (χ0) is 21.4. The zero-order valence-corrected chi connectivity index (χ0v) is 17.9. The Morgan fingerprint density at radius 3 is 2.45 bits per heavy atom. The number of carbonyl (C=O) groups excluding carboxylic acids is 1. The molecule has 3 aromatic carbocycles.